The van der Waals surface area contributed by atoms with Gasteiger partial charge in [-0.25, -0.2) is 9.97 Å². The number of hydrogen-bond acceptors (Lipinski definition) is 2. The first-order valence-electron chi connectivity index (χ1n) is 5.02. The second-order valence-corrected chi connectivity index (χ2v) is 4.01. The van der Waals surface area contributed by atoms with Crippen LogP contribution in [0.1, 0.15) is 48.5 Å². The molecule has 1 aromatic rings. The van der Waals surface area contributed by atoms with Gasteiger partial charge >= 0.3 is 0 Å². The number of rotatable bonds is 0. The quantitative estimate of drug-likeness (QED) is 0.607. The van der Waals surface area contributed by atoms with Crippen molar-refractivity contribution in [1.29, 1.82) is 0 Å². The smallest absolute Gasteiger partial charge is 0.125 e. The highest BCUT2D eigenvalue weighted by atomic mass is 14.9. The van der Waals surface area contributed by atoms with Crippen LogP contribution in [0.2, 0.25) is 0 Å². The van der Waals surface area contributed by atoms with Crippen molar-refractivity contribution in [3.8, 4) is 0 Å². The second-order valence-electron chi connectivity index (χ2n) is 4.01. The predicted molar refractivity (Wildman–Crippen MR) is 52.9 cm³/mol. The predicted octanol–water partition coefficient (Wildman–Crippen LogP) is 2.53. The molecule has 0 N–H and O–H groups in total. The van der Waals surface area contributed by atoms with E-state index in [-0.39, 0.29) is 0 Å². The summed E-state index contributed by atoms with van der Waals surface area (Å²) in [5.41, 5.74) is 3.90. The Hall–Kier alpha value is -0.920. The van der Waals surface area contributed by atoms with Crippen LogP contribution in [0.3, 0.4) is 0 Å². The number of aromatic nitrogens is 2. The second kappa shape index (κ2) is 3.09. The summed E-state index contributed by atoms with van der Waals surface area (Å²) in [6.07, 6.45) is 3.72. The molecule has 0 saturated carbocycles. The molecule has 1 aromatic heterocycles. The van der Waals surface area contributed by atoms with Crippen molar-refractivity contribution in [2.45, 2.75) is 46.0 Å². The van der Waals surface area contributed by atoms with Crippen molar-refractivity contribution in [3.05, 3.63) is 22.8 Å². The Balaban J connectivity index is 2.56. The monoisotopic (exact) mass is 176 g/mol. The number of nitrogens with zero attached hydrogens (tertiary/aromatic N) is 2. The lowest BCUT2D eigenvalue weighted by atomic mass is 9.86. The molecule has 1 aliphatic carbocycles. The number of hydrogen-bond donors (Lipinski definition) is 0. The molecular weight excluding hydrogens is 160 g/mol. The van der Waals surface area contributed by atoms with E-state index in [1.165, 1.54) is 29.8 Å². The van der Waals surface area contributed by atoms with Crippen LogP contribution in [0.15, 0.2) is 0 Å². The third kappa shape index (κ3) is 1.45. The van der Waals surface area contributed by atoms with Crippen molar-refractivity contribution in [1.82, 2.24) is 9.97 Å². The molecule has 0 aromatic carbocycles. The van der Waals surface area contributed by atoms with Crippen LogP contribution in [0.5, 0.6) is 0 Å². The largest absolute Gasteiger partial charge is 0.238 e. The highest BCUT2D eigenvalue weighted by Crippen LogP contribution is 2.31. The molecular formula is C11H16N2. The van der Waals surface area contributed by atoms with Gasteiger partial charge in [-0.2, -0.15) is 0 Å². The third-order valence-corrected chi connectivity index (χ3v) is 2.87. The minimum atomic E-state index is 0.657. The van der Waals surface area contributed by atoms with Crippen molar-refractivity contribution in [2.24, 2.45) is 0 Å². The Kier molecular flexibility index (Phi) is 2.06. The fraction of sp³-hybridized carbons (Fsp3) is 0.636. The Morgan fingerprint density at radius 1 is 1.23 bits per heavy atom. The first-order valence-corrected chi connectivity index (χ1v) is 5.02. The third-order valence-electron chi connectivity index (χ3n) is 2.87. The maximum absolute atomic E-state index is 4.51. The van der Waals surface area contributed by atoms with Crippen LogP contribution in [0.4, 0.5) is 0 Å². The fourth-order valence-corrected chi connectivity index (χ4v) is 2.34. The van der Waals surface area contributed by atoms with E-state index < -0.39 is 0 Å². The molecule has 0 bridgehead atoms. The van der Waals surface area contributed by atoms with E-state index in [4.69, 9.17) is 0 Å². The normalized spacial score (nSPS) is 21.3. The summed E-state index contributed by atoms with van der Waals surface area (Å²) in [6, 6.07) is 0. The van der Waals surface area contributed by atoms with Gasteiger partial charge in [0.15, 0.2) is 0 Å². The summed E-state index contributed by atoms with van der Waals surface area (Å²) in [4.78, 5) is 8.94. The van der Waals surface area contributed by atoms with E-state index in [0.717, 1.165) is 12.2 Å². The molecule has 2 heteroatoms. The molecule has 13 heavy (non-hydrogen) atoms. The van der Waals surface area contributed by atoms with Crippen LogP contribution in [0, 0.1) is 13.8 Å². The van der Waals surface area contributed by atoms with Gasteiger partial charge in [0.05, 0.1) is 0 Å². The van der Waals surface area contributed by atoms with Crippen molar-refractivity contribution >= 4 is 0 Å². The molecule has 1 aliphatic rings. The topological polar surface area (TPSA) is 25.8 Å². The van der Waals surface area contributed by atoms with E-state index in [1.807, 2.05) is 6.92 Å². The lowest BCUT2D eigenvalue weighted by Gasteiger charge is -2.22. The molecule has 0 radical (unpaired) electrons. The standard InChI is InChI=1S/C11H16N2/c1-7-5-4-6-10-11(7)8(2)12-9(3)13-10/h7H,4-6H2,1-3H3. The number of fused-ring (bicyclic) bond motifs is 1. The summed E-state index contributed by atoms with van der Waals surface area (Å²) in [5, 5.41) is 0. The van der Waals surface area contributed by atoms with E-state index in [1.54, 1.807) is 0 Å². The molecule has 1 unspecified atom stereocenters. The van der Waals surface area contributed by atoms with Gasteiger partial charge in [0, 0.05) is 11.4 Å². The van der Waals surface area contributed by atoms with Crippen molar-refractivity contribution < 1.29 is 0 Å². The van der Waals surface area contributed by atoms with Crippen LogP contribution >= 0.6 is 0 Å². The zero-order valence-electron chi connectivity index (χ0n) is 8.59. The average molecular weight is 176 g/mol. The van der Waals surface area contributed by atoms with Gasteiger partial charge in [0.25, 0.3) is 0 Å². The van der Waals surface area contributed by atoms with Gasteiger partial charge in [-0.3, -0.25) is 0 Å². The molecule has 70 valence electrons. The van der Waals surface area contributed by atoms with Gasteiger partial charge < -0.3 is 0 Å². The van der Waals surface area contributed by atoms with Gasteiger partial charge in [-0.15, -0.1) is 0 Å². The summed E-state index contributed by atoms with van der Waals surface area (Å²) < 4.78 is 0. The van der Waals surface area contributed by atoms with Gasteiger partial charge in [0.1, 0.15) is 5.82 Å². The fourth-order valence-electron chi connectivity index (χ4n) is 2.34. The van der Waals surface area contributed by atoms with E-state index in [2.05, 4.69) is 23.8 Å². The van der Waals surface area contributed by atoms with E-state index in [0.29, 0.717) is 5.92 Å². The minimum absolute atomic E-state index is 0.657. The van der Waals surface area contributed by atoms with Crippen LogP contribution < -0.4 is 0 Å². The van der Waals surface area contributed by atoms with Gasteiger partial charge in [-0.05, 0) is 44.6 Å². The SMILES string of the molecule is Cc1nc(C)c2c(n1)CCCC2C. The molecule has 0 aliphatic heterocycles. The molecule has 0 spiro atoms. The first-order chi connectivity index (χ1) is 6.18. The summed E-state index contributed by atoms with van der Waals surface area (Å²) in [6.45, 7) is 6.37. The maximum Gasteiger partial charge on any atom is 0.125 e. The van der Waals surface area contributed by atoms with Crippen LogP contribution in [-0.2, 0) is 6.42 Å². The molecule has 0 saturated heterocycles. The first kappa shape index (κ1) is 8.67. The Morgan fingerprint density at radius 2 is 2.00 bits per heavy atom. The Morgan fingerprint density at radius 3 is 2.77 bits per heavy atom. The Labute approximate surface area is 79.4 Å². The maximum atomic E-state index is 4.51. The molecule has 0 fully saturated rings. The lowest BCUT2D eigenvalue weighted by molar-refractivity contribution is 0.567. The average Bonchev–Trinajstić information content (AvgIpc) is 2.02. The van der Waals surface area contributed by atoms with Crippen molar-refractivity contribution in [3.63, 3.8) is 0 Å². The lowest BCUT2D eigenvalue weighted by Crippen LogP contribution is -2.13. The summed E-state index contributed by atoms with van der Waals surface area (Å²) >= 11 is 0. The van der Waals surface area contributed by atoms with E-state index in [9.17, 15) is 0 Å². The van der Waals surface area contributed by atoms with Gasteiger partial charge in [-0.1, -0.05) is 6.92 Å². The van der Waals surface area contributed by atoms with Gasteiger partial charge in [0.2, 0.25) is 0 Å². The molecule has 1 heterocycles. The zero-order chi connectivity index (χ0) is 9.42. The highest BCUT2D eigenvalue weighted by Gasteiger charge is 2.20. The van der Waals surface area contributed by atoms with Crippen LogP contribution in [-0.4, -0.2) is 9.97 Å². The van der Waals surface area contributed by atoms with E-state index >= 15 is 0 Å². The Bertz CT molecular complexity index is 331. The van der Waals surface area contributed by atoms with Crippen LogP contribution in [0.25, 0.3) is 0 Å². The highest BCUT2D eigenvalue weighted by molar-refractivity contribution is 5.30. The summed E-state index contributed by atoms with van der Waals surface area (Å²) in [5.74, 6) is 1.58. The molecule has 2 nitrogen and oxygen atoms in total. The zero-order valence-corrected chi connectivity index (χ0v) is 8.59. The molecule has 0 amide bonds. The summed E-state index contributed by atoms with van der Waals surface area (Å²) in [7, 11) is 0. The van der Waals surface area contributed by atoms with Crippen molar-refractivity contribution in [2.75, 3.05) is 0 Å². The number of aryl methyl sites for hydroxylation is 3. The minimum Gasteiger partial charge on any atom is -0.238 e. The molecule has 2 rings (SSSR count). The molecule has 1 atom stereocenters.